The molecule has 0 radical (unpaired) electrons. The number of nitrogens with zero attached hydrogens (tertiary/aromatic N) is 1. The largest absolute Gasteiger partial charge is 0.325 e. The number of hydrogen-bond acceptors (Lipinski definition) is 2. The molecule has 0 aromatic heterocycles. The van der Waals surface area contributed by atoms with Crippen molar-refractivity contribution in [3.8, 4) is 0 Å². The lowest BCUT2D eigenvalue weighted by molar-refractivity contribution is -0.136. The Bertz CT molecular complexity index is 860. The van der Waals surface area contributed by atoms with Crippen molar-refractivity contribution in [2.45, 2.75) is 41.0 Å². The highest BCUT2D eigenvalue weighted by molar-refractivity contribution is 6.15. The Morgan fingerprint density at radius 3 is 2.31 bits per heavy atom. The van der Waals surface area contributed by atoms with Gasteiger partial charge in [-0.05, 0) is 63.8 Å². The number of fused-ring (bicyclic) bond motifs is 1. The van der Waals surface area contributed by atoms with Crippen LogP contribution in [-0.2, 0) is 16.0 Å². The van der Waals surface area contributed by atoms with Crippen molar-refractivity contribution in [1.29, 1.82) is 0 Å². The van der Waals surface area contributed by atoms with Crippen molar-refractivity contribution in [2.75, 3.05) is 16.8 Å². The van der Waals surface area contributed by atoms with Gasteiger partial charge in [0.2, 0.25) is 11.8 Å². The molecule has 1 aliphatic rings. The van der Waals surface area contributed by atoms with Crippen LogP contribution in [0.3, 0.4) is 0 Å². The summed E-state index contributed by atoms with van der Waals surface area (Å²) < 4.78 is 0. The number of anilines is 2. The van der Waals surface area contributed by atoms with Gasteiger partial charge in [-0.1, -0.05) is 35.9 Å². The molecular formula is C22H26N2O2. The lowest BCUT2D eigenvalue weighted by Crippen LogP contribution is -2.47. The SMILES string of the molecule is Cc1cc(C)c(NC(=O)C(C)(C)C(=O)N2CCc3ccccc32)c(C)c1. The van der Waals surface area contributed by atoms with E-state index in [1.54, 1.807) is 18.7 Å². The highest BCUT2D eigenvalue weighted by atomic mass is 16.2. The molecule has 2 aromatic carbocycles. The van der Waals surface area contributed by atoms with Crippen molar-refractivity contribution in [3.63, 3.8) is 0 Å². The van der Waals surface area contributed by atoms with E-state index in [1.165, 1.54) is 0 Å². The lowest BCUT2D eigenvalue weighted by atomic mass is 9.89. The monoisotopic (exact) mass is 350 g/mol. The van der Waals surface area contributed by atoms with Crippen LogP contribution in [0.25, 0.3) is 0 Å². The maximum atomic E-state index is 13.2. The quantitative estimate of drug-likeness (QED) is 0.845. The zero-order valence-electron chi connectivity index (χ0n) is 16.1. The molecule has 4 heteroatoms. The van der Waals surface area contributed by atoms with Gasteiger partial charge >= 0.3 is 0 Å². The fourth-order valence-electron chi connectivity index (χ4n) is 3.63. The van der Waals surface area contributed by atoms with Crippen LogP contribution >= 0.6 is 0 Å². The zero-order chi connectivity index (χ0) is 19.1. The number of hydrogen-bond donors (Lipinski definition) is 1. The standard InChI is InChI=1S/C22H26N2O2/c1-14-12-15(2)19(16(3)13-14)23-20(25)22(4,5)21(26)24-11-10-17-8-6-7-9-18(17)24/h6-9,12-13H,10-11H2,1-5H3,(H,23,25). The Labute approximate surface area is 155 Å². The van der Waals surface area contributed by atoms with Crippen LogP contribution in [0.5, 0.6) is 0 Å². The molecule has 0 aliphatic carbocycles. The van der Waals surface area contributed by atoms with E-state index in [0.29, 0.717) is 6.54 Å². The predicted molar refractivity (Wildman–Crippen MR) is 106 cm³/mol. The van der Waals surface area contributed by atoms with Crippen molar-refractivity contribution in [3.05, 3.63) is 58.7 Å². The van der Waals surface area contributed by atoms with Gasteiger partial charge in [-0.3, -0.25) is 9.59 Å². The van der Waals surface area contributed by atoms with Crippen molar-refractivity contribution in [2.24, 2.45) is 5.41 Å². The number of amides is 2. The van der Waals surface area contributed by atoms with Gasteiger partial charge in [0.1, 0.15) is 5.41 Å². The minimum atomic E-state index is -1.15. The Morgan fingerprint density at radius 1 is 1.04 bits per heavy atom. The molecule has 1 N–H and O–H groups in total. The number of para-hydroxylation sites is 1. The van der Waals surface area contributed by atoms with Gasteiger partial charge in [-0.25, -0.2) is 0 Å². The highest BCUT2D eigenvalue weighted by Crippen LogP contribution is 2.33. The first kappa shape index (κ1) is 18.2. The smallest absolute Gasteiger partial charge is 0.242 e. The molecule has 1 heterocycles. The summed E-state index contributed by atoms with van der Waals surface area (Å²) in [6, 6.07) is 12.0. The Hall–Kier alpha value is -2.62. The van der Waals surface area contributed by atoms with Crippen molar-refractivity contribution >= 4 is 23.2 Å². The van der Waals surface area contributed by atoms with Gasteiger partial charge < -0.3 is 10.2 Å². The molecule has 26 heavy (non-hydrogen) atoms. The third kappa shape index (κ3) is 3.12. The van der Waals surface area contributed by atoms with Crippen molar-refractivity contribution in [1.82, 2.24) is 0 Å². The molecule has 1 aliphatic heterocycles. The summed E-state index contributed by atoms with van der Waals surface area (Å²) in [5.74, 6) is -0.440. The van der Waals surface area contributed by atoms with Gasteiger partial charge in [0.05, 0.1) is 0 Å². The van der Waals surface area contributed by atoms with Gasteiger partial charge in [0.15, 0.2) is 0 Å². The Kier molecular flexibility index (Phi) is 4.61. The second-order valence-electron chi connectivity index (χ2n) is 7.69. The molecule has 0 fully saturated rings. The maximum absolute atomic E-state index is 13.2. The third-order valence-electron chi connectivity index (χ3n) is 5.15. The number of carbonyl (C=O) groups is 2. The zero-order valence-corrected chi connectivity index (χ0v) is 16.1. The van der Waals surface area contributed by atoms with Gasteiger partial charge in [-0.2, -0.15) is 0 Å². The molecule has 2 amide bonds. The average Bonchev–Trinajstić information content (AvgIpc) is 3.01. The lowest BCUT2D eigenvalue weighted by Gasteiger charge is -2.29. The summed E-state index contributed by atoms with van der Waals surface area (Å²) in [6.45, 7) is 10.00. The molecule has 0 atom stereocenters. The summed E-state index contributed by atoms with van der Waals surface area (Å²) in [5.41, 5.74) is 4.88. The fourth-order valence-corrected chi connectivity index (χ4v) is 3.63. The number of aryl methyl sites for hydroxylation is 3. The highest BCUT2D eigenvalue weighted by Gasteiger charge is 2.41. The van der Waals surface area contributed by atoms with E-state index in [4.69, 9.17) is 0 Å². The van der Waals surface area contributed by atoms with Crippen LogP contribution in [-0.4, -0.2) is 18.4 Å². The van der Waals surface area contributed by atoms with Gasteiger partial charge in [-0.15, -0.1) is 0 Å². The molecular weight excluding hydrogens is 324 g/mol. The Morgan fingerprint density at radius 2 is 1.65 bits per heavy atom. The second kappa shape index (κ2) is 6.60. The molecule has 4 nitrogen and oxygen atoms in total. The van der Waals surface area contributed by atoms with E-state index in [9.17, 15) is 9.59 Å². The molecule has 3 rings (SSSR count). The maximum Gasteiger partial charge on any atom is 0.242 e. The minimum absolute atomic E-state index is 0.164. The summed E-state index contributed by atoms with van der Waals surface area (Å²) in [6.07, 6.45) is 0.829. The van der Waals surface area contributed by atoms with E-state index in [0.717, 1.165) is 40.0 Å². The Balaban J connectivity index is 1.84. The van der Waals surface area contributed by atoms with Gasteiger partial charge in [0, 0.05) is 17.9 Å². The number of nitrogens with one attached hydrogen (secondary N) is 1. The summed E-state index contributed by atoms with van der Waals surface area (Å²) in [5, 5.41) is 2.99. The minimum Gasteiger partial charge on any atom is -0.325 e. The summed E-state index contributed by atoms with van der Waals surface area (Å²) in [4.78, 5) is 27.9. The van der Waals surface area contributed by atoms with E-state index >= 15 is 0 Å². The van der Waals surface area contributed by atoms with Crippen LogP contribution in [0, 0.1) is 26.2 Å². The number of rotatable bonds is 3. The number of carbonyl (C=O) groups excluding carboxylic acids is 2. The molecule has 2 aromatic rings. The summed E-state index contributed by atoms with van der Waals surface area (Å²) >= 11 is 0. The number of benzene rings is 2. The first-order chi connectivity index (χ1) is 12.2. The van der Waals surface area contributed by atoms with E-state index in [1.807, 2.05) is 57.2 Å². The van der Waals surface area contributed by atoms with E-state index in [2.05, 4.69) is 5.32 Å². The summed E-state index contributed by atoms with van der Waals surface area (Å²) in [7, 11) is 0. The van der Waals surface area contributed by atoms with Crippen LogP contribution in [0.15, 0.2) is 36.4 Å². The van der Waals surface area contributed by atoms with Crippen LogP contribution in [0.4, 0.5) is 11.4 Å². The first-order valence-electron chi connectivity index (χ1n) is 9.01. The van der Waals surface area contributed by atoms with Crippen molar-refractivity contribution < 1.29 is 9.59 Å². The van der Waals surface area contributed by atoms with Gasteiger partial charge in [0.25, 0.3) is 0 Å². The van der Waals surface area contributed by atoms with E-state index in [-0.39, 0.29) is 11.8 Å². The van der Waals surface area contributed by atoms with E-state index < -0.39 is 5.41 Å². The third-order valence-corrected chi connectivity index (χ3v) is 5.15. The molecule has 0 saturated carbocycles. The van der Waals surface area contributed by atoms with Crippen LogP contribution in [0.1, 0.15) is 36.1 Å². The fraction of sp³-hybridized carbons (Fsp3) is 0.364. The molecule has 0 saturated heterocycles. The molecule has 0 bridgehead atoms. The molecule has 136 valence electrons. The molecule has 0 unspecified atom stereocenters. The normalized spacial score (nSPS) is 13.5. The predicted octanol–water partition coefficient (Wildman–Crippen LogP) is 4.17. The topological polar surface area (TPSA) is 49.4 Å². The molecule has 0 spiro atoms. The van der Waals surface area contributed by atoms with Crippen LogP contribution < -0.4 is 10.2 Å². The van der Waals surface area contributed by atoms with Crippen LogP contribution in [0.2, 0.25) is 0 Å². The first-order valence-corrected chi connectivity index (χ1v) is 9.01. The second-order valence-corrected chi connectivity index (χ2v) is 7.69. The average molecular weight is 350 g/mol.